The SMILES string of the molecule is CCOC(=O)CCC1CCC(C)S1. The van der Waals surface area contributed by atoms with Crippen molar-refractivity contribution in [3.05, 3.63) is 0 Å². The van der Waals surface area contributed by atoms with E-state index in [0.29, 0.717) is 18.3 Å². The first-order valence-electron chi connectivity index (χ1n) is 5.03. The van der Waals surface area contributed by atoms with Crippen LogP contribution in [0.3, 0.4) is 0 Å². The van der Waals surface area contributed by atoms with Crippen LogP contribution in [0.25, 0.3) is 0 Å². The number of rotatable bonds is 4. The average Bonchev–Trinajstić information content (AvgIpc) is 2.49. The van der Waals surface area contributed by atoms with E-state index in [1.807, 2.05) is 18.7 Å². The zero-order valence-electron chi connectivity index (χ0n) is 8.41. The van der Waals surface area contributed by atoms with E-state index < -0.39 is 0 Å². The van der Waals surface area contributed by atoms with Crippen molar-refractivity contribution in [2.45, 2.75) is 50.0 Å². The fourth-order valence-corrected chi connectivity index (χ4v) is 3.06. The van der Waals surface area contributed by atoms with Gasteiger partial charge in [0.1, 0.15) is 0 Å². The lowest BCUT2D eigenvalue weighted by Crippen LogP contribution is -2.07. The monoisotopic (exact) mass is 202 g/mol. The van der Waals surface area contributed by atoms with Crippen LogP contribution in [0.4, 0.5) is 0 Å². The van der Waals surface area contributed by atoms with Crippen molar-refractivity contribution in [2.75, 3.05) is 6.61 Å². The second-order valence-corrected chi connectivity index (χ2v) is 5.23. The first-order chi connectivity index (χ1) is 6.22. The van der Waals surface area contributed by atoms with Gasteiger partial charge in [-0.3, -0.25) is 4.79 Å². The molecule has 1 saturated heterocycles. The summed E-state index contributed by atoms with van der Waals surface area (Å²) in [4.78, 5) is 11.0. The standard InChI is InChI=1S/C10H18O2S/c1-3-12-10(11)7-6-9-5-4-8(2)13-9/h8-9H,3-7H2,1-2H3. The van der Waals surface area contributed by atoms with Gasteiger partial charge in [0, 0.05) is 16.9 Å². The summed E-state index contributed by atoms with van der Waals surface area (Å²) in [5, 5.41) is 1.48. The summed E-state index contributed by atoms with van der Waals surface area (Å²) >= 11 is 2.02. The largest absolute Gasteiger partial charge is 0.466 e. The second kappa shape index (κ2) is 5.53. The van der Waals surface area contributed by atoms with E-state index in [0.717, 1.165) is 11.7 Å². The highest BCUT2D eigenvalue weighted by Gasteiger charge is 2.22. The number of esters is 1. The summed E-state index contributed by atoms with van der Waals surface area (Å²) in [6, 6.07) is 0. The molecular formula is C10H18O2S. The predicted octanol–water partition coefficient (Wildman–Crippen LogP) is 2.61. The molecule has 0 radical (unpaired) electrons. The molecule has 1 aliphatic heterocycles. The van der Waals surface area contributed by atoms with Crippen LogP contribution < -0.4 is 0 Å². The van der Waals surface area contributed by atoms with Gasteiger partial charge in [-0.15, -0.1) is 0 Å². The van der Waals surface area contributed by atoms with Crippen molar-refractivity contribution in [1.82, 2.24) is 0 Å². The van der Waals surface area contributed by atoms with Crippen molar-refractivity contribution in [2.24, 2.45) is 0 Å². The molecule has 76 valence electrons. The minimum Gasteiger partial charge on any atom is -0.466 e. The van der Waals surface area contributed by atoms with E-state index in [1.165, 1.54) is 12.8 Å². The van der Waals surface area contributed by atoms with Crippen LogP contribution in [-0.4, -0.2) is 23.1 Å². The molecule has 0 aromatic heterocycles. The molecule has 1 fully saturated rings. The smallest absolute Gasteiger partial charge is 0.305 e. The maximum atomic E-state index is 11.0. The van der Waals surface area contributed by atoms with Gasteiger partial charge in [-0.2, -0.15) is 11.8 Å². The van der Waals surface area contributed by atoms with Crippen LogP contribution in [0.2, 0.25) is 0 Å². The Morgan fingerprint density at radius 2 is 2.31 bits per heavy atom. The van der Waals surface area contributed by atoms with Crippen molar-refractivity contribution < 1.29 is 9.53 Å². The number of thioether (sulfide) groups is 1. The van der Waals surface area contributed by atoms with Gasteiger partial charge in [0.15, 0.2) is 0 Å². The Labute approximate surface area is 84.4 Å². The van der Waals surface area contributed by atoms with Gasteiger partial charge in [-0.1, -0.05) is 6.92 Å². The van der Waals surface area contributed by atoms with Crippen LogP contribution in [0.15, 0.2) is 0 Å². The fourth-order valence-electron chi connectivity index (χ4n) is 1.61. The quantitative estimate of drug-likeness (QED) is 0.655. The van der Waals surface area contributed by atoms with Crippen LogP contribution in [0, 0.1) is 0 Å². The molecule has 0 saturated carbocycles. The Morgan fingerprint density at radius 3 is 2.85 bits per heavy atom. The third-order valence-electron chi connectivity index (χ3n) is 2.30. The summed E-state index contributed by atoms with van der Waals surface area (Å²) in [7, 11) is 0. The van der Waals surface area contributed by atoms with E-state index in [2.05, 4.69) is 6.92 Å². The molecule has 0 aliphatic carbocycles. The van der Waals surface area contributed by atoms with Crippen LogP contribution in [0.1, 0.15) is 39.5 Å². The molecule has 0 amide bonds. The summed E-state index contributed by atoms with van der Waals surface area (Å²) in [6.45, 7) is 4.62. The first-order valence-corrected chi connectivity index (χ1v) is 5.97. The first kappa shape index (κ1) is 10.9. The molecular weight excluding hydrogens is 184 g/mol. The molecule has 2 unspecified atom stereocenters. The lowest BCUT2D eigenvalue weighted by Gasteiger charge is -2.07. The van der Waals surface area contributed by atoms with E-state index in [-0.39, 0.29) is 5.97 Å². The summed E-state index contributed by atoms with van der Waals surface area (Å²) in [5.74, 6) is -0.0392. The number of hydrogen-bond donors (Lipinski definition) is 0. The predicted molar refractivity (Wildman–Crippen MR) is 55.9 cm³/mol. The van der Waals surface area contributed by atoms with Gasteiger partial charge < -0.3 is 4.74 Å². The molecule has 1 heterocycles. The molecule has 0 N–H and O–H groups in total. The lowest BCUT2D eigenvalue weighted by molar-refractivity contribution is -0.143. The minimum absolute atomic E-state index is 0.0392. The molecule has 13 heavy (non-hydrogen) atoms. The molecule has 0 aromatic carbocycles. The third-order valence-corrected chi connectivity index (χ3v) is 3.85. The van der Waals surface area contributed by atoms with E-state index >= 15 is 0 Å². The second-order valence-electron chi connectivity index (χ2n) is 3.49. The van der Waals surface area contributed by atoms with Gasteiger partial charge in [0.05, 0.1) is 6.61 Å². The molecule has 2 nitrogen and oxygen atoms in total. The lowest BCUT2D eigenvalue weighted by atomic mass is 10.1. The van der Waals surface area contributed by atoms with Crippen LogP contribution in [0.5, 0.6) is 0 Å². The number of hydrogen-bond acceptors (Lipinski definition) is 3. The molecule has 0 spiro atoms. The van der Waals surface area contributed by atoms with Crippen LogP contribution >= 0.6 is 11.8 Å². The Balaban J connectivity index is 2.09. The maximum absolute atomic E-state index is 11.0. The summed E-state index contributed by atoms with van der Waals surface area (Å²) in [5.41, 5.74) is 0. The number of carbonyl (C=O) groups is 1. The van der Waals surface area contributed by atoms with Gasteiger partial charge in [0.25, 0.3) is 0 Å². The van der Waals surface area contributed by atoms with Crippen molar-refractivity contribution >= 4 is 17.7 Å². The number of carbonyl (C=O) groups excluding carboxylic acids is 1. The molecule has 3 heteroatoms. The fraction of sp³-hybridized carbons (Fsp3) is 0.900. The number of ether oxygens (including phenoxy) is 1. The minimum atomic E-state index is -0.0392. The highest BCUT2D eigenvalue weighted by Crippen LogP contribution is 2.35. The molecule has 1 rings (SSSR count). The van der Waals surface area contributed by atoms with Crippen molar-refractivity contribution in [1.29, 1.82) is 0 Å². The molecule has 2 atom stereocenters. The van der Waals surface area contributed by atoms with Crippen LogP contribution in [-0.2, 0) is 9.53 Å². The van der Waals surface area contributed by atoms with Gasteiger partial charge >= 0.3 is 5.97 Å². The summed E-state index contributed by atoms with van der Waals surface area (Å²) < 4.78 is 4.88. The van der Waals surface area contributed by atoms with Gasteiger partial charge in [0.2, 0.25) is 0 Å². The van der Waals surface area contributed by atoms with Gasteiger partial charge in [-0.05, 0) is 26.2 Å². The molecule has 0 bridgehead atoms. The summed E-state index contributed by atoms with van der Waals surface area (Å²) in [6.07, 6.45) is 4.16. The zero-order chi connectivity index (χ0) is 9.68. The molecule has 0 aromatic rings. The zero-order valence-corrected chi connectivity index (χ0v) is 9.23. The maximum Gasteiger partial charge on any atom is 0.305 e. The normalized spacial score (nSPS) is 27.5. The highest BCUT2D eigenvalue weighted by atomic mass is 32.2. The highest BCUT2D eigenvalue weighted by molar-refractivity contribution is 8.00. The average molecular weight is 202 g/mol. The van der Waals surface area contributed by atoms with Crippen molar-refractivity contribution in [3.8, 4) is 0 Å². The van der Waals surface area contributed by atoms with Gasteiger partial charge in [-0.25, -0.2) is 0 Å². The van der Waals surface area contributed by atoms with E-state index in [1.54, 1.807) is 0 Å². The Hall–Kier alpha value is -0.180. The Bertz CT molecular complexity index is 170. The van der Waals surface area contributed by atoms with E-state index in [9.17, 15) is 4.79 Å². The molecule has 1 aliphatic rings. The third kappa shape index (κ3) is 4.03. The van der Waals surface area contributed by atoms with E-state index in [4.69, 9.17) is 4.74 Å². The Morgan fingerprint density at radius 1 is 1.54 bits per heavy atom. The topological polar surface area (TPSA) is 26.3 Å². The Kier molecular flexibility index (Phi) is 4.64. The van der Waals surface area contributed by atoms with Crippen molar-refractivity contribution in [3.63, 3.8) is 0 Å².